The van der Waals surface area contributed by atoms with E-state index in [2.05, 4.69) is 15.9 Å². The highest BCUT2D eigenvalue weighted by atomic mass is 79.9. The first-order valence-electron chi connectivity index (χ1n) is 8.88. The molecule has 5 nitrogen and oxygen atoms in total. The number of hydrogen-bond donors (Lipinski definition) is 0. The van der Waals surface area contributed by atoms with Crippen LogP contribution in [-0.2, 0) is 21.2 Å². The summed E-state index contributed by atoms with van der Waals surface area (Å²) in [5, 5.41) is 0. The van der Waals surface area contributed by atoms with Crippen molar-refractivity contribution in [3.8, 4) is 0 Å². The molecule has 0 aliphatic carbocycles. The number of likely N-dealkylation sites (tertiary alicyclic amines) is 1. The van der Waals surface area contributed by atoms with E-state index in [1.165, 1.54) is 0 Å². The number of carbonyl (C=O) groups is 1. The summed E-state index contributed by atoms with van der Waals surface area (Å²) in [6.45, 7) is 1.29. The van der Waals surface area contributed by atoms with Gasteiger partial charge in [-0.3, -0.25) is 0 Å². The van der Waals surface area contributed by atoms with Crippen LogP contribution in [0.4, 0.5) is 4.79 Å². The van der Waals surface area contributed by atoms with Gasteiger partial charge in [-0.05, 0) is 48.6 Å². The normalized spacial score (nSPS) is 15.5. The average molecular weight is 452 g/mol. The standard InChI is InChI=1S/C20H22BrNO4S/c21-18-6-8-19(9-7-18)27(24,25)15-17-10-12-22(13-11-17)20(23)26-14-16-4-2-1-3-5-16/h1-9,17H,10-15H2. The molecule has 144 valence electrons. The van der Waals surface area contributed by atoms with Crippen LogP contribution >= 0.6 is 15.9 Å². The van der Waals surface area contributed by atoms with Gasteiger partial charge in [-0.25, -0.2) is 13.2 Å². The van der Waals surface area contributed by atoms with Crippen LogP contribution in [0.1, 0.15) is 18.4 Å². The Balaban J connectivity index is 1.48. The summed E-state index contributed by atoms with van der Waals surface area (Å²) in [6, 6.07) is 16.2. The Kier molecular flexibility index (Phi) is 6.55. The first-order valence-corrected chi connectivity index (χ1v) is 11.3. The van der Waals surface area contributed by atoms with Crippen molar-refractivity contribution in [2.75, 3.05) is 18.8 Å². The van der Waals surface area contributed by atoms with E-state index in [4.69, 9.17) is 4.74 Å². The number of nitrogens with zero attached hydrogens (tertiary/aromatic N) is 1. The van der Waals surface area contributed by atoms with Gasteiger partial charge in [0.25, 0.3) is 0 Å². The van der Waals surface area contributed by atoms with Gasteiger partial charge in [-0.2, -0.15) is 0 Å². The van der Waals surface area contributed by atoms with Gasteiger partial charge in [-0.15, -0.1) is 0 Å². The molecule has 1 aliphatic heterocycles. The molecule has 0 spiro atoms. The molecule has 2 aromatic rings. The highest BCUT2D eigenvalue weighted by Crippen LogP contribution is 2.24. The Labute approximate surface area is 168 Å². The van der Waals surface area contributed by atoms with E-state index in [0.29, 0.717) is 30.8 Å². The lowest BCUT2D eigenvalue weighted by Gasteiger charge is -2.31. The van der Waals surface area contributed by atoms with Crippen molar-refractivity contribution in [1.29, 1.82) is 0 Å². The summed E-state index contributed by atoms with van der Waals surface area (Å²) in [6.07, 6.45) is 0.986. The van der Waals surface area contributed by atoms with Crippen LogP contribution in [0.5, 0.6) is 0 Å². The zero-order valence-corrected chi connectivity index (χ0v) is 17.3. The lowest BCUT2D eigenvalue weighted by Crippen LogP contribution is -2.40. The summed E-state index contributed by atoms with van der Waals surface area (Å²) in [4.78, 5) is 14.2. The largest absolute Gasteiger partial charge is 0.445 e. The molecule has 0 aromatic heterocycles. The van der Waals surface area contributed by atoms with Crippen molar-refractivity contribution in [2.45, 2.75) is 24.3 Å². The molecule has 1 saturated heterocycles. The maximum absolute atomic E-state index is 12.6. The third kappa shape index (κ3) is 5.56. The average Bonchev–Trinajstić information content (AvgIpc) is 2.67. The van der Waals surface area contributed by atoms with Crippen LogP contribution in [0.15, 0.2) is 64.0 Å². The minimum Gasteiger partial charge on any atom is -0.445 e. The molecule has 2 aromatic carbocycles. The molecule has 7 heteroatoms. The predicted octanol–water partition coefficient (Wildman–Crippen LogP) is 4.27. The van der Waals surface area contributed by atoms with E-state index < -0.39 is 9.84 Å². The molecule has 1 aliphatic rings. The molecular weight excluding hydrogens is 430 g/mol. The smallest absolute Gasteiger partial charge is 0.410 e. The summed E-state index contributed by atoms with van der Waals surface area (Å²) >= 11 is 3.31. The maximum atomic E-state index is 12.6. The molecule has 27 heavy (non-hydrogen) atoms. The topological polar surface area (TPSA) is 63.7 Å². The number of piperidine rings is 1. The van der Waals surface area contributed by atoms with Crippen molar-refractivity contribution < 1.29 is 17.9 Å². The number of ether oxygens (including phenoxy) is 1. The monoisotopic (exact) mass is 451 g/mol. The van der Waals surface area contributed by atoms with Crippen molar-refractivity contribution in [3.63, 3.8) is 0 Å². The second-order valence-electron chi connectivity index (χ2n) is 6.71. The van der Waals surface area contributed by atoms with Crippen LogP contribution in [0.25, 0.3) is 0 Å². The van der Waals surface area contributed by atoms with E-state index in [9.17, 15) is 13.2 Å². The van der Waals surface area contributed by atoms with Crippen LogP contribution in [0, 0.1) is 5.92 Å². The van der Waals surface area contributed by atoms with Crippen molar-refractivity contribution in [1.82, 2.24) is 4.90 Å². The van der Waals surface area contributed by atoms with Crippen molar-refractivity contribution in [3.05, 3.63) is 64.6 Å². The molecule has 0 N–H and O–H groups in total. The minimum absolute atomic E-state index is 0.0526. The van der Waals surface area contributed by atoms with Crippen LogP contribution in [0.2, 0.25) is 0 Å². The Morgan fingerprint density at radius 1 is 1.04 bits per heavy atom. The van der Waals surface area contributed by atoms with Crippen LogP contribution in [0.3, 0.4) is 0 Å². The molecule has 3 rings (SSSR count). The van der Waals surface area contributed by atoms with E-state index >= 15 is 0 Å². The molecule has 1 heterocycles. The maximum Gasteiger partial charge on any atom is 0.410 e. The first-order chi connectivity index (χ1) is 12.9. The minimum atomic E-state index is -3.32. The molecule has 0 radical (unpaired) electrons. The third-order valence-electron chi connectivity index (χ3n) is 4.71. The number of hydrogen-bond acceptors (Lipinski definition) is 4. The number of benzene rings is 2. The quantitative estimate of drug-likeness (QED) is 0.680. The number of carbonyl (C=O) groups excluding carboxylic acids is 1. The Morgan fingerprint density at radius 3 is 2.30 bits per heavy atom. The van der Waals surface area contributed by atoms with Crippen molar-refractivity contribution >= 4 is 31.9 Å². The van der Waals surface area contributed by atoms with Gasteiger partial charge in [0, 0.05) is 17.6 Å². The summed E-state index contributed by atoms with van der Waals surface area (Å²) < 4.78 is 31.3. The Morgan fingerprint density at radius 2 is 1.67 bits per heavy atom. The van der Waals surface area contributed by atoms with Gasteiger partial charge in [0.15, 0.2) is 9.84 Å². The highest BCUT2D eigenvalue weighted by molar-refractivity contribution is 9.10. The fourth-order valence-corrected chi connectivity index (χ4v) is 5.10. The molecule has 0 unspecified atom stereocenters. The molecule has 0 atom stereocenters. The lowest BCUT2D eigenvalue weighted by atomic mass is 9.99. The number of sulfone groups is 1. The number of rotatable bonds is 5. The predicted molar refractivity (Wildman–Crippen MR) is 107 cm³/mol. The molecule has 0 saturated carbocycles. The van der Waals surface area contributed by atoms with Gasteiger partial charge in [0.05, 0.1) is 10.6 Å². The van der Waals surface area contributed by atoms with Crippen LogP contribution in [-0.4, -0.2) is 38.3 Å². The second kappa shape index (κ2) is 8.89. The third-order valence-corrected chi connectivity index (χ3v) is 7.14. The zero-order valence-electron chi connectivity index (χ0n) is 14.9. The van der Waals surface area contributed by atoms with E-state index in [0.717, 1.165) is 10.0 Å². The fraction of sp³-hybridized carbons (Fsp3) is 0.350. The molecule has 1 amide bonds. The number of halogens is 1. The van der Waals surface area contributed by atoms with Crippen molar-refractivity contribution in [2.24, 2.45) is 5.92 Å². The lowest BCUT2D eigenvalue weighted by molar-refractivity contribution is 0.0839. The van der Waals surface area contributed by atoms with Gasteiger partial charge in [-0.1, -0.05) is 46.3 Å². The SMILES string of the molecule is O=C(OCc1ccccc1)N1CCC(CS(=O)(=O)c2ccc(Br)cc2)CC1. The van der Waals surface area contributed by atoms with E-state index in [1.807, 2.05) is 30.3 Å². The molecule has 0 bridgehead atoms. The highest BCUT2D eigenvalue weighted by Gasteiger charge is 2.28. The second-order valence-corrected chi connectivity index (χ2v) is 9.66. The van der Waals surface area contributed by atoms with Gasteiger partial charge in [0.1, 0.15) is 6.61 Å². The summed E-state index contributed by atoms with van der Waals surface area (Å²) in [5.41, 5.74) is 0.946. The Hall–Kier alpha value is -1.86. The van der Waals surface area contributed by atoms with E-state index in [1.54, 1.807) is 29.2 Å². The number of amides is 1. The van der Waals surface area contributed by atoms with E-state index in [-0.39, 0.29) is 24.4 Å². The molecular formula is C20H22BrNO4S. The fourth-order valence-electron chi connectivity index (χ4n) is 3.14. The van der Waals surface area contributed by atoms with Crippen LogP contribution < -0.4 is 0 Å². The van der Waals surface area contributed by atoms with Gasteiger partial charge >= 0.3 is 6.09 Å². The summed E-state index contributed by atoms with van der Waals surface area (Å²) in [7, 11) is -3.32. The molecule has 1 fully saturated rings. The summed E-state index contributed by atoms with van der Waals surface area (Å²) in [5.74, 6) is 0.165. The van der Waals surface area contributed by atoms with Gasteiger partial charge < -0.3 is 9.64 Å². The zero-order chi connectivity index (χ0) is 19.3. The Bertz CT molecular complexity index is 861. The first kappa shape index (κ1) is 19.9. The van der Waals surface area contributed by atoms with Gasteiger partial charge in [0.2, 0.25) is 0 Å².